The van der Waals surface area contributed by atoms with Gasteiger partial charge in [-0.25, -0.2) is 4.39 Å². The fourth-order valence-corrected chi connectivity index (χ4v) is 3.37. The van der Waals surface area contributed by atoms with Crippen LogP contribution in [0.25, 0.3) is 0 Å². The minimum atomic E-state index is -0.356. The highest BCUT2D eigenvalue weighted by Gasteiger charge is 2.14. The van der Waals surface area contributed by atoms with Gasteiger partial charge in [-0.15, -0.1) is 0 Å². The van der Waals surface area contributed by atoms with Crippen LogP contribution in [0.1, 0.15) is 26.3 Å². The van der Waals surface area contributed by atoms with Crippen molar-refractivity contribution < 1.29 is 23.5 Å². The summed E-state index contributed by atoms with van der Waals surface area (Å²) in [5.74, 6) is -0.0122. The number of anilines is 2. The van der Waals surface area contributed by atoms with E-state index in [2.05, 4.69) is 10.6 Å². The third kappa shape index (κ3) is 6.03. The molecule has 0 unspecified atom stereocenters. The van der Waals surface area contributed by atoms with Gasteiger partial charge in [-0.1, -0.05) is 36.4 Å². The summed E-state index contributed by atoms with van der Waals surface area (Å²) in [5.41, 5.74) is 2.65. The average Bonchev–Trinajstić information content (AvgIpc) is 2.89. The Morgan fingerprint density at radius 3 is 2.11 bits per heavy atom. The van der Waals surface area contributed by atoms with E-state index in [9.17, 15) is 14.0 Å². The SMILES string of the molecule is COc1ccccc1NC(=O)c1ccc(NC(=O)c2ccccc2OCc2ccc(F)cc2)cc1. The number of halogens is 1. The van der Waals surface area contributed by atoms with E-state index in [1.165, 1.54) is 19.2 Å². The smallest absolute Gasteiger partial charge is 0.259 e. The molecule has 7 heteroatoms. The minimum Gasteiger partial charge on any atom is -0.495 e. The van der Waals surface area contributed by atoms with Crippen LogP contribution in [0.15, 0.2) is 97.1 Å². The topological polar surface area (TPSA) is 76.7 Å². The Balaban J connectivity index is 1.40. The Morgan fingerprint density at radius 1 is 0.743 bits per heavy atom. The van der Waals surface area contributed by atoms with Crippen molar-refractivity contribution in [2.75, 3.05) is 17.7 Å². The molecule has 0 atom stereocenters. The quantitative estimate of drug-likeness (QED) is 0.335. The van der Waals surface area contributed by atoms with Crippen molar-refractivity contribution in [1.82, 2.24) is 0 Å². The molecule has 0 aromatic heterocycles. The van der Waals surface area contributed by atoms with Gasteiger partial charge in [0.05, 0.1) is 18.4 Å². The summed E-state index contributed by atoms with van der Waals surface area (Å²) in [6.07, 6.45) is 0. The predicted molar refractivity (Wildman–Crippen MR) is 133 cm³/mol. The van der Waals surface area contributed by atoms with Crippen molar-refractivity contribution in [2.45, 2.75) is 6.61 Å². The number of methoxy groups -OCH3 is 1. The van der Waals surface area contributed by atoms with Gasteiger partial charge in [0, 0.05) is 11.3 Å². The number of ether oxygens (including phenoxy) is 2. The van der Waals surface area contributed by atoms with Crippen LogP contribution in [0, 0.1) is 5.82 Å². The number of amides is 2. The Labute approximate surface area is 202 Å². The van der Waals surface area contributed by atoms with Gasteiger partial charge in [0.25, 0.3) is 11.8 Å². The zero-order chi connectivity index (χ0) is 24.6. The van der Waals surface area contributed by atoms with Crippen molar-refractivity contribution in [3.63, 3.8) is 0 Å². The van der Waals surface area contributed by atoms with E-state index < -0.39 is 0 Å². The molecule has 0 radical (unpaired) electrons. The van der Waals surface area contributed by atoms with Gasteiger partial charge in [0.2, 0.25) is 0 Å². The lowest BCUT2D eigenvalue weighted by Gasteiger charge is -2.12. The number of para-hydroxylation sites is 3. The molecule has 0 saturated heterocycles. The summed E-state index contributed by atoms with van der Waals surface area (Å²) < 4.78 is 24.2. The van der Waals surface area contributed by atoms with Crippen LogP contribution in [-0.2, 0) is 6.61 Å². The number of nitrogens with one attached hydrogen (secondary N) is 2. The Bertz CT molecular complexity index is 1320. The first kappa shape index (κ1) is 23.5. The van der Waals surface area contributed by atoms with Gasteiger partial charge in [-0.2, -0.15) is 0 Å². The molecule has 0 fully saturated rings. The average molecular weight is 471 g/mol. The second-order valence-electron chi connectivity index (χ2n) is 7.60. The van der Waals surface area contributed by atoms with Crippen LogP contribution in [-0.4, -0.2) is 18.9 Å². The molecule has 0 aliphatic heterocycles. The van der Waals surface area contributed by atoms with E-state index in [0.29, 0.717) is 34.0 Å². The summed E-state index contributed by atoms with van der Waals surface area (Å²) >= 11 is 0. The third-order valence-electron chi connectivity index (χ3n) is 5.20. The summed E-state index contributed by atoms with van der Waals surface area (Å²) in [4.78, 5) is 25.5. The second kappa shape index (κ2) is 11.0. The van der Waals surface area contributed by atoms with Crippen LogP contribution in [0.5, 0.6) is 11.5 Å². The zero-order valence-corrected chi connectivity index (χ0v) is 19.0. The first-order valence-electron chi connectivity index (χ1n) is 10.9. The molecular formula is C28H23FN2O4. The summed E-state index contributed by atoms with van der Waals surface area (Å²) in [7, 11) is 1.54. The Kier molecular flexibility index (Phi) is 7.37. The van der Waals surface area contributed by atoms with E-state index in [0.717, 1.165) is 5.56 Å². The van der Waals surface area contributed by atoms with E-state index in [1.54, 1.807) is 78.9 Å². The normalized spacial score (nSPS) is 10.3. The number of benzene rings is 4. The summed E-state index contributed by atoms with van der Waals surface area (Å²) in [5, 5.41) is 5.63. The molecule has 0 heterocycles. The number of rotatable bonds is 8. The highest BCUT2D eigenvalue weighted by Crippen LogP contribution is 2.24. The Hall–Kier alpha value is -4.65. The summed E-state index contributed by atoms with van der Waals surface area (Å²) in [6, 6.07) is 26.5. The maximum Gasteiger partial charge on any atom is 0.259 e. The highest BCUT2D eigenvalue weighted by molar-refractivity contribution is 6.07. The van der Waals surface area contributed by atoms with E-state index in [1.807, 2.05) is 6.07 Å². The molecule has 0 spiro atoms. The van der Waals surface area contributed by atoms with Crippen molar-refractivity contribution in [1.29, 1.82) is 0 Å². The molecule has 4 rings (SSSR count). The van der Waals surface area contributed by atoms with E-state index in [-0.39, 0.29) is 24.2 Å². The second-order valence-corrected chi connectivity index (χ2v) is 7.60. The van der Waals surface area contributed by atoms with E-state index in [4.69, 9.17) is 9.47 Å². The van der Waals surface area contributed by atoms with Crippen molar-refractivity contribution in [3.05, 3.63) is 120 Å². The molecule has 2 N–H and O–H groups in total. The Morgan fingerprint density at radius 2 is 1.40 bits per heavy atom. The van der Waals surface area contributed by atoms with Gasteiger partial charge in [-0.3, -0.25) is 9.59 Å². The number of hydrogen-bond donors (Lipinski definition) is 2. The maximum atomic E-state index is 13.1. The molecule has 4 aromatic carbocycles. The van der Waals surface area contributed by atoms with Crippen LogP contribution >= 0.6 is 0 Å². The maximum absolute atomic E-state index is 13.1. The minimum absolute atomic E-state index is 0.195. The molecule has 0 saturated carbocycles. The number of hydrogen-bond acceptors (Lipinski definition) is 4. The molecular weight excluding hydrogens is 447 g/mol. The lowest BCUT2D eigenvalue weighted by Crippen LogP contribution is -2.15. The standard InChI is InChI=1S/C28H23FN2O4/c1-34-26-9-5-3-7-24(26)31-27(32)20-12-16-22(17-13-20)30-28(33)23-6-2-4-8-25(23)35-18-19-10-14-21(29)15-11-19/h2-17H,18H2,1H3,(H,30,33)(H,31,32). The molecule has 35 heavy (non-hydrogen) atoms. The molecule has 2 amide bonds. The fraction of sp³-hybridized carbons (Fsp3) is 0.0714. The molecule has 0 bridgehead atoms. The summed E-state index contributed by atoms with van der Waals surface area (Å²) in [6.45, 7) is 0.195. The highest BCUT2D eigenvalue weighted by atomic mass is 19.1. The van der Waals surface area contributed by atoms with Crippen molar-refractivity contribution >= 4 is 23.2 Å². The lowest BCUT2D eigenvalue weighted by atomic mass is 10.1. The van der Waals surface area contributed by atoms with Crippen molar-refractivity contribution in [3.8, 4) is 11.5 Å². The van der Waals surface area contributed by atoms with Gasteiger partial charge >= 0.3 is 0 Å². The monoisotopic (exact) mass is 470 g/mol. The molecule has 0 aliphatic rings. The van der Waals surface area contributed by atoms with Crippen LogP contribution in [0.3, 0.4) is 0 Å². The molecule has 4 aromatic rings. The number of carbonyl (C=O) groups excluding carboxylic acids is 2. The fourth-order valence-electron chi connectivity index (χ4n) is 3.37. The van der Waals surface area contributed by atoms with Crippen LogP contribution in [0.2, 0.25) is 0 Å². The van der Waals surface area contributed by atoms with Crippen LogP contribution < -0.4 is 20.1 Å². The van der Waals surface area contributed by atoms with Crippen LogP contribution in [0.4, 0.5) is 15.8 Å². The van der Waals surface area contributed by atoms with Crippen molar-refractivity contribution in [2.24, 2.45) is 0 Å². The third-order valence-corrected chi connectivity index (χ3v) is 5.20. The first-order valence-corrected chi connectivity index (χ1v) is 10.9. The molecule has 176 valence electrons. The lowest BCUT2D eigenvalue weighted by molar-refractivity contribution is 0.101. The van der Waals surface area contributed by atoms with Gasteiger partial charge in [0.1, 0.15) is 23.9 Å². The van der Waals surface area contributed by atoms with Gasteiger partial charge in [0.15, 0.2) is 0 Å². The molecule has 0 aliphatic carbocycles. The van der Waals surface area contributed by atoms with E-state index >= 15 is 0 Å². The van der Waals surface area contributed by atoms with Gasteiger partial charge in [-0.05, 0) is 66.2 Å². The molecule has 6 nitrogen and oxygen atoms in total. The predicted octanol–water partition coefficient (Wildman–Crippen LogP) is 5.92. The zero-order valence-electron chi connectivity index (χ0n) is 19.0. The number of carbonyl (C=O) groups is 2. The first-order chi connectivity index (χ1) is 17.0. The largest absolute Gasteiger partial charge is 0.495 e. The van der Waals surface area contributed by atoms with Gasteiger partial charge < -0.3 is 20.1 Å².